The molecule has 0 bridgehead atoms. The first-order valence-electron chi connectivity index (χ1n) is 7.32. The van der Waals surface area contributed by atoms with Crippen molar-refractivity contribution >= 4 is 11.0 Å². The minimum absolute atomic E-state index is 0.0932. The normalized spacial score (nSPS) is 14.1. The number of rotatable bonds is 6. The number of nitrogens with one attached hydrogen (secondary N) is 1. The minimum atomic E-state index is 0.0932. The van der Waals surface area contributed by atoms with Gasteiger partial charge in [-0.05, 0) is 26.0 Å². The molecule has 2 aromatic heterocycles. The molecule has 2 unspecified atom stereocenters. The zero-order chi connectivity index (χ0) is 15.5. The van der Waals surface area contributed by atoms with E-state index >= 15 is 0 Å². The number of nitrogens with zero attached hydrogens (tertiary/aromatic N) is 3. The van der Waals surface area contributed by atoms with Crippen molar-refractivity contribution in [3.8, 4) is 5.75 Å². The highest BCUT2D eigenvalue weighted by atomic mass is 16.5. The fourth-order valence-corrected chi connectivity index (χ4v) is 2.60. The zero-order valence-electron chi connectivity index (χ0n) is 13.0. The molecule has 3 rings (SSSR count). The standard InChI is InChI=1S/C16H20N4O2/c1-11(8-20-10-17-9-18-20)19-12(2)15-7-13-5-4-6-14(21-3)16(13)22-15/h4-7,9-12,19H,8H2,1-3H3. The molecule has 0 aliphatic rings. The Hall–Kier alpha value is -2.34. The number of hydrogen-bond donors (Lipinski definition) is 1. The van der Waals surface area contributed by atoms with Crippen molar-refractivity contribution in [2.45, 2.75) is 32.5 Å². The van der Waals surface area contributed by atoms with Crippen LogP contribution in [0.2, 0.25) is 0 Å². The Labute approximate surface area is 129 Å². The quantitative estimate of drug-likeness (QED) is 0.758. The van der Waals surface area contributed by atoms with Crippen molar-refractivity contribution in [3.05, 3.63) is 42.7 Å². The largest absolute Gasteiger partial charge is 0.493 e. The van der Waals surface area contributed by atoms with Gasteiger partial charge in [-0.2, -0.15) is 5.10 Å². The van der Waals surface area contributed by atoms with E-state index in [9.17, 15) is 0 Å². The van der Waals surface area contributed by atoms with Crippen LogP contribution in [-0.4, -0.2) is 27.9 Å². The highest BCUT2D eigenvalue weighted by Crippen LogP contribution is 2.30. The third-order valence-electron chi connectivity index (χ3n) is 3.64. The maximum atomic E-state index is 5.97. The van der Waals surface area contributed by atoms with Crippen molar-refractivity contribution in [1.29, 1.82) is 0 Å². The lowest BCUT2D eigenvalue weighted by atomic mass is 10.2. The molecular formula is C16H20N4O2. The summed E-state index contributed by atoms with van der Waals surface area (Å²) in [7, 11) is 1.65. The number of methoxy groups -OCH3 is 1. The Bertz CT molecular complexity index is 736. The lowest BCUT2D eigenvalue weighted by Crippen LogP contribution is -2.32. The van der Waals surface area contributed by atoms with Crippen molar-refractivity contribution in [3.63, 3.8) is 0 Å². The topological polar surface area (TPSA) is 65.1 Å². The van der Waals surface area contributed by atoms with Gasteiger partial charge in [0.25, 0.3) is 0 Å². The van der Waals surface area contributed by atoms with Crippen LogP contribution in [0.5, 0.6) is 5.75 Å². The molecule has 2 atom stereocenters. The van der Waals surface area contributed by atoms with E-state index in [4.69, 9.17) is 9.15 Å². The monoisotopic (exact) mass is 300 g/mol. The van der Waals surface area contributed by atoms with Gasteiger partial charge >= 0.3 is 0 Å². The third-order valence-corrected chi connectivity index (χ3v) is 3.64. The minimum Gasteiger partial charge on any atom is -0.493 e. The summed E-state index contributed by atoms with van der Waals surface area (Å²) in [6.07, 6.45) is 3.26. The second kappa shape index (κ2) is 6.19. The summed E-state index contributed by atoms with van der Waals surface area (Å²) in [5, 5.41) is 8.68. The van der Waals surface area contributed by atoms with Gasteiger partial charge < -0.3 is 14.5 Å². The molecule has 0 aliphatic heterocycles. The van der Waals surface area contributed by atoms with E-state index in [1.807, 2.05) is 22.9 Å². The van der Waals surface area contributed by atoms with E-state index in [1.165, 1.54) is 0 Å². The van der Waals surface area contributed by atoms with Gasteiger partial charge in [0.1, 0.15) is 18.4 Å². The molecule has 6 nitrogen and oxygen atoms in total. The molecule has 2 heterocycles. The molecule has 0 spiro atoms. The lowest BCUT2D eigenvalue weighted by molar-refractivity contribution is 0.369. The Kier molecular flexibility index (Phi) is 4.11. The molecule has 116 valence electrons. The van der Waals surface area contributed by atoms with Crippen LogP contribution >= 0.6 is 0 Å². The van der Waals surface area contributed by atoms with E-state index in [-0.39, 0.29) is 12.1 Å². The summed E-state index contributed by atoms with van der Waals surface area (Å²) in [4.78, 5) is 3.95. The molecule has 22 heavy (non-hydrogen) atoms. The van der Waals surface area contributed by atoms with Gasteiger partial charge in [0.15, 0.2) is 11.3 Å². The Balaban J connectivity index is 1.73. The summed E-state index contributed by atoms with van der Waals surface area (Å²) in [5.41, 5.74) is 0.789. The maximum Gasteiger partial charge on any atom is 0.176 e. The number of fused-ring (bicyclic) bond motifs is 1. The fourth-order valence-electron chi connectivity index (χ4n) is 2.60. The van der Waals surface area contributed by atoms with Gasteiger partial charge in [-0.25, -0.2) is 4.98 Å². The van der Waals surface area contributed by atoms with Gasteiger partial charge in [-0.15, -0.1) is 0 Å². The predicted octanol–water partition coefficient (Wildman–Crippen LogP) is 2.77. The zero-order valence-corrected chi connectivity index (χ0v) is 13.0. The van der Waals surface area contributed by atoms with Crippen molar-refractivity contribution < 1.29 is 9.15 Å². The average Bonchev–Trinajstić information content (AvgIpc) is 3.15. The Morgan fingerprint density at radius 2 is 2.23 bits per heavy atom. The van der Waals surface area contributed by atoms with Crippen LogP contribution in [0.25, 0.3) is 11.0 Å². The highest BCUT2D eigenvalue weighted by Gasteiger charge is 2.16. The number of furan rings is 1. The lowest BCUT2D eigenvalue weighted by Gasteiger charge is -2.18. The first-order valence-corrected chi connectivity index (χ1v) is 7.32. The second-order valence-corrected chi connectivity index (χ2v) is 5.43. The molecule has 0 saturated heterocycles. The van der Waals surface area contributed by atoms with Gasteiger partial charge in [-0.3, -0.25) is 4.68 Å². The molecule has 0 amide bonds. The summed E-state index contributed by atoms with van der Waals surface area (Å²) in [6, 6.07) is 8.28. The average molecular weight is 300 g/mol. The van der Waals surface area contributed by atoms with Crippen molar-refractivity contribution in [1.82, 2.24) is 20.1 Å². The van der Waals surface area contributed by atoms with Crippen LogP contribution in [0.1, 0.15) is 25.6 Å². The highest BCUT2D eigenvalue weighted by molar-refractivity contribution is 5.83. The van der Waals surface area contributed by atoms with Gasteiger partial charge in [-0.1, -0.05) is 12.1 Å². The Morgan fingerprint density at radius 1 is 1.36 bits per heavy atom. The van der Waals surface area contributed by atoms with E-state index in [2.05, 4.69) is 35.3 Å². The van der Waals surface area contributed by atoms with Gasteiger partial charge in [0, 0.05) is 11.4 Å². The van der Waals surface area contributed by atoms with Crippen LogP contribution in [0.4, 0.5) is 0 Å². The van der Waals surface area contributed by atoms with Crippen LogP contribution in [0.3, 0.4) is 0 Å². The number of hydrogen-bond acceptors (Lipinski definition) is 5. The van der Waals surface area contributed by atoms with E-state index < -0.39 is 0 Å². The van der Waals surface area contributed by atoms with Crippen LogP contribution < -0.4 is 10.1 Å². The molecule has 0 aliphatic carbocycles. The molecule has 0 fully saturated rings. The first kappa shape index (κ1) is 14.6. The molecule has 0 radical (unpaired) electrons. The number of para-hydroxylation sites is 1. The van der Waals surface area contributed by atoms with Crippen LogP contribution in [0.15, 0.2) is 41.3 Å². The molecule has 1 N–H and O–H groups in total. The van der Waals surface area contributed by atoms with Crippen LogP contribution in [0, 0.1) is 0 Å². The summed E-state index contributed by atoms with van der Waals surface area (Å²) in [5.74, 6) is 1.65. The van der Waals surface area contributed by atoms with E-state index in [0.717, 1.165) is 29.0 Å². The molecular weight excluding hydrogens is 280 g/mol. The SMILES string of the molecule is COc1cccc2cc(C(C)NC(C)Cn3cncn3)oc12. The molecule has 0 saturated carbocycles. The summed E-state index contributed by atoms with van der Waals surface area (Å²) < 4.78 is 13.1. The smallest absolute Gasteiger partial charge is 0.176 e. The number of benzene rings is 1. The second-order valence-electron chi connectivity index (χ2n) is 5.43. The van der Waals surface area contributed by atoms with Crippen LogP contribution in [-0.2, 0) is 6.54 Å². The number of ether oxygens (including phenoxy) is 1. The molecule has 1 aromatic carbocycles. The van der Waals surface area contributed by atoms with Gasteiger partial charge in [0.2, 0.25) is 0 Å². The Morgan fingerprint density at radius 3 is 2.95 bits per heavy atom. The predicted molar refractivity (Wildman–Crippen MR) is 83.8 cm³/mol. The maximum absolute atomic E-state index is 5.97. The number of aromatic nitrogens is 3. The van der Waals surface area contributed by atoms with Gasteiger partial charge in [0.05, 0.1) is 19.7 Å². The summed E-state index contributed by atoms with van der Waals surface area (Å²) in [6.45, 7) is 4.96. The summed E-state index contributed by atoms with van der Waals surface area (Å²) >= 11 is 0. The fraction of sp³-hybridized carbons (Fsp3) is 0.375. The third kappa shape index (κ3) is 2.96. The van der Waals surface area contributed by atoms with E-state index in [1.54, 1.807) is 19.8 Å². The molecule has 3 aromatic rings. The van der Waals surface area contributed by atoms with E-state index in [0.29, 0.717) is 0 Å². The van der Waals surface area contributed by atoms with Crippen molar-refractivity contribution in [2.24, 2.45) is 0 Å². The first-order chi connectivity index (χ1) is 10.7. The van der Waals surface area contributed by atoms with Crippen molar-refractivity contribution in [2.75, 3.05) is 7.11 Å². The molecule has 6 heteroatoms.